The first-order valence-corrected chi connectivity index (χ1v) is 7.99. The van der Waals surface area contributed by atoms with Gasteiger partial charge in [0.2, 0.25) is 0 Å². The van der Waals surface area contributed by atoms with E-state index in [0.29, 0.717) is 5.92 Å². The predicted octanol–water partition coefficient (Wildman–Crippen LogP) is 4.38. The zero-order valence-electron chi connectivity index (χ0n) is 12.2. The van der Waals surface area contributed by atoms with E-state index in [-0.39, 0.29) is 0 Å². The first kappa shape index (κ1) is 15.2. The minimum atomic E-state index is 0.663. The SMILES string of the molecule is CNc1nc(CCC(C)C)nc(-c2ccccc2)c1I. The Morgan fingerprint density at radius 2 is 1.85 bits per heavy atom. The predicted molar refractivity (Wildman–Crippen MR) is 92.9 cm³/mol. The van der Waals surface area contributed by atoms with Crippen molar-refractivity contribution >= 4 is 28.4 Å². The van der Waals surface area contributed by atoms with Gasteiger partial charge in [-0.05, 0) is 34.9 Å². The van der Waals surface area contributed by atoms with Crippen LogP contribution in [0.15, 0.2) is 30.3 Å². The molecule has 0 spiro atoms. The number of nitrogens with one attached hydrogen (secondary N) is 1. The molecule has 106 valence electrons. The molecule has 2 rings (SSSR count). The maximum atomic E-state index is 4.76. The summed E-state index contributed by atoms with van der Waals surface area (Å²) < 4.78 is 1.07. The van der Waals surface area contributed by atoms with Crippen LogP contribution in [0.4, 0.5) is 5.82 Å². The molecule has 0 radical (unpaired) electrons. The summed E-state index contributed by atoms with van der Waals surface area (Å²) in [4.78, 5) is 9.38. The molecule has 0 atom stereocenters. The Balaban J connectivity index is 2.42. The van der Waals surface area contributed by atoms with Crippen LogP contribution in [0, 0.1) is 9.49 Å². The van der Waals surface area contributed by atoms with E-state index in [4.69, 9.17) is 4.98 Å². The molecule has 1 N–H and O–H groups in total. The molecule has 20 heavy (non-hydrogen) atoms. The summed E-state index contributed by atoms with van der Waals surface area (Å²) in [6.07, 6.45) is 2.03. The van der Waals surface area contributed by atoms with Crippen molar-refractivity contribution in [2.45, 2.75) is 26.7 Å². The van der Waals surface area contributed by atoms with Gasteiger partial charge in [0.05, 0.1) is 9.26 Å². The summed E-state index contributed by atoms with van der Waals surface area (Å²) in [5.41, 5.74) is 2.16. The van der Waals surface area contributed by atoms with Gasteiger partial charge in [-0.1, -0.05) is 44.2 Å². The van der Waals surface area contributed by atoms with Gasteiger partial charge in [0.15, 0.2) is 0 Å². The second-order valence-electron chi connectivity index (χ2n) is 5.20. The summed E-state index contributed by atoms with van der Waals surface area (Å²) in [5.74, 6) is 2.50. The Labute approximate surface area is 134 Å². The largest absolute Gasteiger partial charge is 0.372 e. The highest BCUT2D eigenvalue weighted by Crippen LogP contribution is 2.28. The van der Waals surface area contributed by atoms with Crippen molar-refractivity contribution in [2.75, 3.05) is 12.4 Å². The van der Waals surface area contributed by atoms with Gasteiger partial charge in [0, 0.05) is 19.0 Å². The van der Waals surface area contributed by atoms with Crippen molar-refractivity contribution in [1.29, 1.82) is 0 Å². The Morgan fingerprint density at radius 3 is 2.45 bits per heavy atom. The number of nitrogens with zero attached hydrogens (tertiary/aromatic N) is 2. The molecule has 1 heterocycles. The number of hydrogen-bond donors (Lipinski definition) is 1. The molecule has 0 bridgehead atoms. The first-order chi connectivity index (χ1) is 9.61. The fraction of sp³-hybridized carbons (Fsp3) is 0.375. The molecular weight excluding hydrogens is 361 g/mol. The lowest BCUT2D eigenvalue weighted by molar-refractivity contribution is 0.575. The Bertz CT molecular complexity index is 567. The van der Waals surface area contributed by atoms with Crippen LogP contribution in [0.25, 0.3) is 11.3 Å². The molecule has 3 nitrogen and oxygen atoms in total. The Hall–Kier alpha value is -1.17. The monoisotopic (exact) mass is 381 g/mol. The number of aromatic nitrogens is 2. The van der Waals surface area contributed by atoms with Crippen LogP contribution in [-0.2, 0) is 6.42 Å². The molecule has 0 saturated carbocycles. The van der Waals surface area contributed by atoms with Crippen LogP contribution >= 0.6 is 22.6 Å². The third-order valence-corrected chi connectivity index (χ3v) is 4.15. The van der Waals surface area contributed by atoms with Crippen LogP contribution in [0.5, 0.6) is 0 Å². The molecule has 2 aromatic rings. The molecule has 0 amide bonds. The average molecular weight is 381 g/mol. The second-order valence-corrected chi connectivity index (χ2v) is 6.28. The summed E-state index contributed by atoms with van der Waals surface area (Å²) in [5, 5.41) is 3.17. The van der Waals surface area contributed by atoms with Gasteiger partial charge >= 0.3 is 0 Å². The number of aryl methyl sites for hydroxylation is 1. The maximum Gasteiger partial charge on any atom is 0.143 e. The van der Waals surface area contributed by atoms with Crippen molar-refractivity contribution in [2.24, 2.45) is 5.92 Å². The molecule has 0 aliphatic rings. The van der Waals surface area contributed by atoms with Gasteiger partial charge in [-0.2, -0.15) is 0 Å². The van der Waals surface area contributed by atoms with Gasteiger partial charge in [0.25, 0.3) is 0 Å². The highest BCUT2D eigenvalue weighted by atomic mass is 127. The zero-order valence-corrected chi connectivity index (χ0v) is 14.3. The van der Waals surface area contributed by atoms with E-state index < -0.39 is 0 Å². The molecule has 0 unspecified atom stereocenters. The van der Waals surface area contributed by atoms with Crippen LogP contribution < -0.4 is 5.32 Å². The van der Waals surface area contributed by atoms with Gasteiger partial charge in [-0.3, -0.25) is 0 Å². The topological polar surface area (TPSA) is 37.8 Å². The molecule has 1 aromatic carbocycles. The third-order valence-electron chi connectivity index (χ3n) is 3.13. The second kappa shape index (κ2) is 7.02. The van der Waals surface area contributed by atoms with Gasteiger partial charge in [-0.15, -0.1) is 0 Å². The van der Waals surface area contributed by atoms with E-state index in [2.05, 4.69) is 58.9 Å². The Morgan fingerprint density at radius 1 is 1.15 bits per heavy atom. The third kappa shape index (κ3) is 3.69. The van der Waals surface area contributed by atoms with E-state index in [9.17, 15) is 0 Å². The Kier molecular flexibility index (Phi) is 5.34. The number of anilines is 1. The molecule has 0 aliphatic carbocycles. The minimum Gasteiger partial charge on any atom is -0.372 e. The van der Waals surface area contributed by atoms with Gasteiger partial charge < -0.3 is 5.32 Å². The molecule has 4 heteroatoms. The summed E-state index contributed by atoms with van der Waals surface area (Å²) in [6.45, 7) is 4.45. The minimum absolute atomic E-state index is 0.663. The molecule has 1 aromatic heterocycles. The number of halogens is 1. The molecular formula is C16H20IN3. The lowest BCUT2D eigenvalue weighted by Crippen LogP contribution is -2.06. The summed E-state index contributed by atoms with van der Waals surface area (Å²) >= 11 is 2.32. The standard InChI is InChI=1S/C16H20IN3/c1-11(2)9-10-13-19-15(12-7-5-4-6-8-12)14(17)16(18-3)20-13/h4-8,11H,9-10H2,1-3H3,(H,18,19,20). The van der Waals surface area contributed by atoms with Crippen LogP contribution in [-0.4, -0.2) is 17.0 Å². The lowest BCUT2D eigenvalue weighted by Gasteiger charge is -2.12. The number of rotatable bonds is 5. The van der Waals surface area contributed by atoms with Gasteiger partial charge in [0.1, 0.15) is 11.6 Å². The van der Waals surface area contributed by atoms with E-state index in [1.807, 2.05) is 25.2 Å². The van der Waals surface area contributed by atoms with Crippen molar-refractivity contribution in [3.05, 3.63) is 39.7 Å². The molecule has 0 saturated heterocycles. The van der Waals surface area contributed by atoms with Crippen molar-refractivity contribution in [1.82, 2.24) is 9.97 Å². The van der Waals surface area contributed by atoms with E-state index in [1.165, 1.54) is 0 Å². The maximum absolute atomic E-state index is 4.76. The number of benzene rings is 1. The van der Waals surface area contributed by atoms with Crippen molar-refractivity contribution < 1.29 is 0 Å². The highest BCUT2D eigenvalue weighted by molar-refractivity contribution is 14.1. The zero-order chi connectivity index (χ0) is 14.5. The van der Waals surface area contributed by atoms with Gasteiger partial charge in [-0.25, -0.2) is 9.97 Å². The highest BCUT2D eigenvalue weighted by Gasteiger charge is 2.13. The summed E-state index contributed by atoms with van der Waals surface area (Å²) in [6, 6.07) is 10.3. The van der Waals surface area contributed by atoms with Crippen molar-refractivity contribution in [3.63, 3.8) is 0 Å². The molecule has 0 aliphatic heterocycles. The quantitative estimate of drug-likeness (QED) is 0.782. The average Bonchev–Trinajstić information content (AvgIpc) is 2.47. The van der Waals surface area contributed by atoms with E-state index in [1.54, 1.807) is 0 Å². The fourth-order valence-corrected chi connectivity index (χ4v) is 2.80. The van der Waals surface area contributed by atoms with Crippen molar-refractivity contribution in [3.8, 4) is 11.3 Å². The normalized spacial score (nSPS) is 10.8. The van der Waals surface area contributed by atoms with E-state index >= 15 is 0 Å². The van der Waals surface area contributed by atoms with Crippen LogP contribution in [0.3, 0.4) is 0 Å². The lowest BCUT2D eigenvalue weighted by atomic mass is 10.1. The van der Waals surface area contributed by atoms with Crippen LogP contribution in [0.2, 0.25) is 0 Å². The molecule has 0 fully saturated rings. The van der Waals surface area contributed by atoms with E-state index in [0.717, 1.165) is 39.3 Å². The smallest absolute Gasteiger partial charge is 0.143 e. The first-order valence-electron chi connectivity index (χ1n) is 6.91. The fourth-order valence-electron chi connectivity index (χ4n) is 1.98. The number of hydrogen-bond acceptors (Lipinski definition) is 3. The van der Waals surface area contributed by atoms with Crippen LogP contribution in [0.1, 0.15) is 26.1 Å². The summed E-state index contributed by atoms with van der Waals surface area (Å²) in [7, 11) is 1.91.